The number of halogens is 1. The first-order valence-electron chi connectivity index (χ1n) is 8.68. The fourth-order valence-electron chi connectivity index (χ4n) is 3.02. The van der Waals surface area contributed by atoms with Crippen LogP contribution in [0.2, 0.25) is 0 Å². The molecule has 1 aliphatic heterocycles. The number of nitrogens with one attached hydrogen (secondary N) is 1. The van der Waals surface area contributed by atoms with Crippen molar-refractivity contribution in [3.63, 3.8) is 0 Å². The van der Waals surface area contributed by atoms with Gasteiger partial charge in [0, 0.05) is 29.7 Å². The van der Waals surface area contributed by atoms with Crippen molar-refractivity contribution >= 4 is 33.4 Å². The van der Waals surface area contributed by atoms with Gasteiger partial charge >= 0.3 is 0 Å². The number of para-hydroxylation sites is 1. The van der Waals surface area contributed by atoms with Gasteiger partial charge in [0.2, 0.25) is 0 Å². The Morgan fingerprint density at radius 2 is 1.81 bits per heavy atom. The van der Waals surface area contributed by atoms with Gasteiger partial charge in [0.05, 0.1) is 11.3 Å². The lowest BCUT2D eigenvalue weighted by molar-refractivity contribution is 0.0764. The van der Waals surface area contributed by atoms with Gasteiger partial charge in [-0.2, -0.15) is 0 Å². The van der Waals surface area contributed by atoms with Crippen LogP contribution in [0.5, 0.6) is 0 Å². The molecule has 2 aromatic carbocycles. The van der Waals surface area contributed by atoms with Crippen molar-refractivity contribution in [2.75, 3.05) is 38.5 Å². The van der Waals surface area contributed by atoms with E-state index in [1.165, 1.54) is 0 Å². The van der Waals surface area contributed by atoms with E-state index in [-0.39, 0.29) is 11.8 Å². The zero-order valence-corrected chi connectivity index (χ0v) is 16.3. The minimum absolute atomic E-state index is 0.0366. The number of anilines is 1. The van der Waals surface area contributed by atoms with Crippen LogP contribution in [0.4, 0.5) is 5.69 Å². The summed E-state index contributed by atoms with van der Waals surface area (Å²) in [6.07, 6.45) is 0.953. The van der Waals surface area contributed by atoms with Crippen LogP contribution >= 0.6 is 15.9 Å². The minimum atomic E-state index is -0.234. The predicted molar refractivity (Wildman–Crippen MR) is 107 cm³/mol. The molecule has 0 atom stereocenters. The van der Waals surface area contributed by atoms with E-state index in [0.29, 0.717) is 23.4 Å². The zero-order chi connectivity index (χ0) is 18.5. The maximum atomic E-state index is 13.0. The third-order valence-electron chi connectivity index (χ3n) is 4.50. The Hall–Kier alpha value is -2.18. The molecule has 1 saturated heterocycles. The Balaban J connectivity index is 1.79. The fraction of sp³-hybridized carbons (Fsp3) is 0.300. The number of nitrogens with zero attached hydrogens (tertiary/aromatic N) is 2. The van der Waals surface area contributed by atoms with Crippen molar-refractivity contribution < 1.29 is 9.59 Å². The van der Waals surface area contributed by atoms with Crippen LogP contribution in [0.15, 0.2) is 53.0 Å². The van der Waals surface area contributed by atoms with Gasteiger partial charge in [-0.15, -0.1) is 0 Å². The lowest BCUT2D eigenvalue weighted by atomic mass is 10.1. The number of hydrogen-bond donors (Lipinski definition) is 1. The summed E-state index contributed by atoms with van der Waals surface area (Å²) < 4.78 is 0.836. The van der Waals surface area contributed by atoms with Crippen LogP contribution in [0.25, 0.3) is 0 Å². The Morgan fingerprint density at radius 3 is 2.62 bits per heavy atom. The summed E-state index contributed by atoms with van der Waals surface area (Å²) in [4.78, 5) is 29.7. The molecule has 6 heteroatoms. The highest BCUT2D eigenvalue weighted by Crippen LogP contribution is 2.20. The summed E-state index contributed by atoms with van der Waals surface area (Å²) in [5.74, 6) is -0.271. The molecule has 1 heterocycles. The molecule has 1 fully saturated rings. The van der Waals surface area contributed by atoms with Crippen molar-refractivity contribution in [3.05, 3.63) is 64.1 Å². The van der Waals surface area contributed by atoms with Gasteiger partial charge in [-0.3, -0.25) is 9.59 Å². The Kier molecular flexibility index (Phi) is 6.06. The number of carbonyl (C=O) groups excluding carboxylic acids is 2. The number of carbonyl (C=O) groups is 2. The molecule has 5 nitrogen and oxygen atoms in total. The number of benzene rings is 2. The topological polar surface area (TPSA) is 52.6 Å². The van der Waals surface area contributed by atoms with Crippen LogP contribution in [0.3, 0.4) is 0 Å². The van der Waals surface area contributed by atoms with Crippen LogP contribution in [0, 0.1) is 0 Å². The summed E-state index contributed by atoms with van der Waals surface area (Å²) >= 11 is 3.37. The lowest BCUT2D eigenvalue weighted by Gasteiger charge is -2.22. The van der Waals surface area contributed by atoms with E-state index in [2.05, 4.69) is 33.2 Å². The molecule has 0 aromatic heterocycles. The van der Waals surface area contributed by atoms with Gasteiger partial charge in [-0.1, -0.05) is 34.1 Å². The molecule has 0 saturated carbocycles. The molecule has 26 heavy (non-hydrogen) atoms. The van der Waals surface area contributed by atoms with Gasteiger partial charge < -0.3 is 15.1 Å². The molecule has 0 aliphatic carbocycles. The Bertz CT molecular complexity index is 809. The first-order chi connectivity index (χ1) is 12.5. The molecule has 2 amide bonds. The van der Waals surface area contributed by atoms with Crippen LogP contribution < -0.4 is 5.32 Å². The molecular formula is C20H22BrN3O2. The normalized spacial score (nSPS) is 15.4. The van der Waals surface area contributed by atoms with Crippen molar-refractivity contribution in [3.8, 4) is 0 Å². The van der Waals surface area contributed by atoms with Crippen molar-refractivity contribution in [2.24, 2.45) is 0 Å². The lowest BCUT2D eigenvalue weighted by Crippen LogP contribution is -2.35. The van der Waals surface area contributed by atoms with Gasteiger partial charge in [0.15, 0.2) is 0 Å². The van der Waals surface area contributed by atoms with Gasteiger partial charge in [0.1, 0.15) is 0 Å². The fourth-order valence-corrected chi connectivity index (χ4v) is 3.42. The summed E-state index contributed by atoms with van der Waals surface area (Å²) in [5, 5.41) is 2.88. The quantitative estimate of drug-likeness (QED) is 0.834. The van der Waals surface area contributed by atoms with Crippen LogP contribution in [-0.4, -0.2) is 54.8 Å². The maximum absolute atomic E-state index is 13.0. The van der Waals surface area contributed by atoms with E-state index in [4.69, 9.17) is 0 Å². The monoisotopic (exact) mass is 415 g/mol. The van der Waals surface area contributed by atoms with Gasteiger partial charge in [-0.05, 0) is 50.3 Å². The first kappa shape index (κ1) is 18.6. The van der Waals surface area contributed by atoms with E-state index in [0.717, 1.165) is 30.5 Å². The second kappa shape index (κ2) is 8.47. The smallest absolute Gasteiger partial charge is 0.256 e. The molecule has 0 spiro atoms. The number of amides is 2. The molecule has 2 aromatic rings. The third kappa shape index (κ3) is 4.51. The van der Waals surface area contributed by atoms with E-state index in [1.807, 2.05) is 29.2 Å². The standard InChI is InChI=1S/C20H22BrN3O2/c1-23-10-5-11-24(13-12-23)20(26)17-8-2-3-9-18(17)22-19(25)15-6-4-7-16(21)14-15/h2-4,6-9,14H,5,10-13H2,1H3,(H,22,25). The molecule has 136 valence electrons. The van der Waals surface area contributed by atoms with Gasteiger partial charge in [-0.25, -0.2) is 0 Å². The molecule has 0 bridgehead atoms. The average Bonchev–Trinajstić information content (AvgIpc) is 2.86. The highest BCUT2D eigenvalue weighted by molar-refractivity contribution is 9.10. The molecule has 3 rings (SSSR count). The molecule has 0 radical (unpaired) electrons. The summed E-state index contributed by atoms with van der Waals surface area (Å²) in [7, 11) is 2.07. The van der Waals surface area contributed by atoms with E-state index in [9.17, 15) is 9.59 Å². The SMILES string of the molecule is CN1CCCN(C(=O)c2ccccc2NC(=O)c2cccc(Br)c2)CC1. The second-order valence-corrected chi connectivity index (χ2v) is 7.37. The molecular weight excluding hydrogens is 394 g/mol. The second-order valence-electron chi connectivity index (χ2n) is 6.46. The predicted octanol–water partition coefficient (Wildman–Crippen LogP) is 3.48. The highest BCUT2D eigenvalue weighted by Gasteiger charge is 2.22. The van der Waals surface area contributed by atoms with Crippen molar-refractivity contribution in [1.82, 2.24) is 9.80 Å². The minimum Gasteiger partial charge on any atom is -0.337 e. The van der Waals surface area contributed by atoms with E-state index >= 15 is 0 Å². The Morgan fingerprint density at radius 1 is 1.00 bits per heavy atom. The van der Waals surface area contributed by atoms with Crippen molar-refractivity contribution in [1.29, 1.82) is 0 Å². The highest BCUT2D eigenvalue weighted by atomic mass is 79.9. The summed E-state index contributed by atoms with van der Waals surface area (Å²) in [6, 6.07) is 14.4. The average molecular weight is 416 g/mol. The molecule has 0 unspecified atom stereocenters. The van der Waals surface area contributed by atoms with Crippen LogP contribution in [0.1, 0.15) is 27.1 Å². The molecule has 1 N–H and O–H groups in total. The maximum Gasteiger partial charge on any atom is 0.256 e. The van der Waals surface area contributed by atoms with Crippen LogP contribution in [-0.2, 0) is 0 Å². The summed E-state index contributed by atoms with van der Waals surface area (Å²) in [5.41, 5.74) is 1.61. The first-order valence-corrected chi connectivity index (χ1v) is 9.47. The van der Waals surface area contributed by atoms with E-state index < -0.39 is 0 Å². The Labute approximate surface area is 162 Å². The molecule has 1 aliphatic rings. The van der Waals surface area contributed by atoms with Gasteiger partial charge in [0.25, 0.3) is 11.8 Å². The van der Waals surface area contributed by atoms with E-state index in [1.54, 1.807) is 24.3 Å². The summed E-state index contributed by atoms with van der Waals surface area (Å²) in [6.45, 7) is 3.28. The number of likely N-dealkylation sites (N-methyl/N-ethyl adjacent to an activating group) is 1. The zero-order valence-electron chi connectivity index (χ0n) is 14.7. The van der Waals surface area contributed by atoms with Crippen molar-refractivity contribution in [2.45, 2.75) is 6.42 Å². The number of rotatable bonds is 3. The number of hydrogen-bond acceptors (Lipinski definition) is 3. The largest absolute Gasteiger partial charge is 0.337 e. The third-order valence-corrected chi connectivity index (χ3v) is 4.99.